The normalized spacial score (nSPS) is 16.2. The first kappa shape index (κ1) is 22.0. The lowest BCUT2D eigenvalue weighted by molar-refractivity contribution is 0.0936. The number of ether oxygens (including phenoxy) is 1. The summed E-state index contributed by atoms with van der Waals surface area (Å²) in [5, 5.41) is 12.4. The Morgan fingerprint density at radius 2 is 2.09 bits per heavy atom. The first-order valence-corrected chi connectivity index (χ1v) is 11.1. The smallest absolute Gasteiger partial charge is 0.163 e. The van der Waals surface area contributed by atoms with Crippen LogP contribution >= 0.6 is 0 Å². The SMILES string of the molecule is CNc1nc(Cc2ccc(C(=O)CC3CCN(C)CC3)cc2OC)nc2c1C(C#N)=CC2. The maximum Gasteiger partial charge on any atom is 0.163 e. The van der Waals surface area contributed by atoms with Crippen LogP contribution in [0, 0.1) is 17.2 Å². The summed E-state index contributed by atoms with van der Waals surface area (Å²) in [5.41, 5.74) is 3.89. The van der Waals surface area contributed by atoms with Gasteiger partial charge in [-0.25, -0.2) is 9.97 Å². The second-order valence-electron chi connectivity index (χ2n) is 8.57. The van der Waals surface area contributed by atoms with Crippen LogP contribution < -0.4 is 10.1 Å². The standard InChI is InChI=1S/C25H29N5O2/c1-27-25-24-19(15-26)6-7-20(24)28-23(29-25)14-18-5-4-17(13-22(18)32-3)21(31)12-16-8-10-30(2)11-9-16/h4-6,13,16H,7-12,14H2,1-3H3,(H,27,28,29). The van der Waals surface area contributed by atoms with Crippen LogP contribution in [-0.2, 0) is 12.8 Å². The molecule has 32 heavy (non-hydrogen) atoms. The van der Waals surface area contributed by atoms with Crippen LogP contribution in [0.5, 0.6) is 5.75 Å². The molecule has 0 bridgehead atoms. The number of carbonyl (C=O) groups is 1. The third-order valence-electron chi connectivity index (χ3n) is 6.43. The molecule has 166 valence electrons. The average molecular weight is 432 g/mol. The molecule has 2 aromatic rings. The summed E-state index contributed by atoms with van der Waals surface area (Å²) in [7, 11) is 5.55. The number of anilines is 1. The molecule has 0 amide bonds. The van der Waals surface area contributed by atoms with Gasteiger partial charge in [-0.1, -0.05) is 18.2 Å². The lowest BCUT2D eigenvalue weighted by Gasteiger charge is -2.28. The van der Waals surface area contributed by atoms with Crippen molar-refractivity contribution < 1.29 is 9.53 Å². The molecule has 0 radical (unpaired) electrons. The van der Waals surface area contributed by atoms with Crippen LogP contribution in [0.25, 0.3) is 5.57 Å². The Morgan fingerprint density at radius 3 is 2.78 bits per heavy atom. The maximum absolute atomic E-state index is 12.9. The molecule has 0 saturated carbocycles. The minimum Gasteiger partial charge on any atom is -0.496 e. The highest BCUT2D eigenvalue weighted by Crippen LogP contribution is 2.32. The third kappa shape index (κ3) is 4.51. The third-order valence-corrected chi connectivity index (χ3v) is 6.43. The summed E-state index contributed by atoms with van der Waals surface area (Å²) in [6, 6.07) is 7.88. The van der Waals surface area contributed by atoms with E-state index >= 15 is 0 Å². The number of aromatic nitrogens is 2. The fourth-order valence-electron chi connectivity index (χ4n) is 4.53. The number of allylic oxidation sites excluding steroid dienone is 2. The Kier molecular flexibility index (Phi) is 6.52. The van der Waals surface area contributed by atoms with Crippen molar-refractivity contribution in [2.24, 2.45) is 5.92 Å². The largest absolute Gasteiger partial charge is 0.496 e. The van der Waals surface area contributed by atoms with Crippen LogP contribution in [0.4, 0.5) is 5.82 Å². The van der Waals surface area contributed by atoms with Gasteiger partial charge in [-0.15, -0.1) is 0 Å². The number of hydrogen-bond acceptors (Lipinski definition) is 7. The molecular weight excluding hydrogens is 402 g/mol. The molecule has 0 unspecified atom stereocenters. The minimum absolute atomic E-state index is 0.172. The Labute approximate surface area is 189 Å². The van der Waals surface area contributed by atoms with Gasteiger partial charge in [0.1, 0.15) is 17.4 Å². The average Bonchev–Trinajstić information content (AvgIpc) is 3.23. The van der Waals surface area contributed by atoms with Crippen LogP contribution in [0.15, 0.2) is 24.3 Å². The lowest BCUT2D eigenvalue weighted by atomic mass is 9.89. The molecule has 1 aliphatic carbocycles. The van der Waals surface area contributed by atoms with E-state index in [1.54, 1.807) is 14.2 Å². The predicted molar refractivity (Wildman–Crippen MR) is 124 cm³/mol. The van der Waals surface area contributed by atoms with Crippen molar-refractivity contribution in [2.75, 3.05) is 39.6 Å². The molecule has 1 N–H and O–H groups in total. The van der Waals surface area contributed by atoms with Crippen molar-refractivity contribution in [2.45, 2.75) is 32.1 Å². The van der Waals surface area contributed by atoms with Crippen LogP contribution in [-0.4, -0.2) is 54.9 Å². The number of ketones is 1. The van der Waals surface area contributed by atoms with Crippen molar-refractivity contribution in [3.8, 4) is 11.8 Å². The number of fused-ring (bicyclic) bond motifs is 1. The zero-order valence-electron chi connectivity index (χ0n) is 18.9. The van der Waals surface area contributed by atoms with Gasteiger partial charge in [0.25, 0.3) is 0 Å². The highest BCUT2D eigenvalue weighted by atomic mass is 16.5. The van der Waals surface area contributed by atoms with Crippen molar-refractivity contribution >= 4 is 17.2 Å². The molecule has 0 spiro atoms. The van der Waals surface area contributed by atoms with Gasteiger partial charge in [0, 0.05) is 37.4 Å². The minimum atomic E-state index is 0.172. The summed E-state index contributed by atoms with van der Waals surface area (Å²) in [6.45, 7) is 2.11. The maximum atomic E-state index is 12.9. The number of nitrogens with one attached hydrogen (secondary N) is 1. The first-order chi connectivity index (χ1) is 15.5. The van der Waals surface area contributed by atoms with Crippen molar-refractivity contribution in [3.05, 3.63) is 52.5 Å². The quantitative estimate of drug-likeness (QED) is 0.671. The van der Waals surface area contributed by atoms with E-state index in [0.717, 1.165) is 42.8 Å². The van der Waals surface area contributed by atoms with Crippen LogP contribution in [0.3, 0.4) is 0 Å². The lowest BCUT2D eigenvalue weighted by Crippen LogP contribution is -2.31. The molecule has 0 atom stereocenters. The number of nitriles is 1. The molecule has 1 aromatic carbocycles. The molecular formula is C25H29N5O2. The molecule has 1 aromatic heterocycles. The topological polar surface area (TPSA) is 91.1 Å². The molecule has 4 rings (SSSR count). The second kappa shape index (κ2) is 9.49. The van der Waals surface area contributed by atoms with Crippen LogP contribution in [0.2, 0.25) is 0 Å². The van der Waals surface area contributed by atoms with Gasteiger partial charge in [-0.2, -0.15) is 5.26 Å². The molecule has 1 fully saturated rings. The van der Waals surface area contributed by atoms with E-state index in [1.807, 2.05) is 24.3 Å². The van der Waals surface area contributed by atoms with Crippen molar-refractivity contribution in [1.29, 1.82) is 5.26 Å². The first-order valence-electron chi connectivity index (χ1n) is 11.1. The number of hydrogen-bond donors (Lipinski definition) is 1. The van der Waals surface area contributed by atoms with Crippen LogP contribution in [0.1, 0.15) is 52.3 Å². The molecule has 1 aliphatic heterocycles. The van der Waals surface area contributed by atoms with Gasteiger partial charge in [-0.05, 0) is 45.0 Å². The summed E-state index contributed by atoms with van der Waals surface area (Å²) < 4.78 is 5.61. The van der Waals surface area contributed by atoms with E-state index in [1.165, 1.54) is 0 Å². The van der Waals surface area contributed by atoms with E-state index in [2.05, 4.69) is 28.3 Å². The monoisotopic (exact) mass is 431 g/mol. The van der Waals surface area contributed by atoms with Gasteiger partial charge < -0.3 is 15.0 Å². The fraction of sp³-hybridized carbons (Fsp3) is 0.440. The predicted octanol–water partition coefficient (Wildman–Crippen LogP) is 3.50. The van der Waals surface area contributed by atoms with Gasteiger partial charge in [0.05, 0.1) is 30.0 Å². The Hall–Kier alpha value is -3.24. The summed E-state index contributed by atoms with van der Waals surface area (Å²) in [5.74, 6) is 2.62. The highest BCUT2D eigenvalue weighted by molar-refractivity contribution is 5.96. The second-order valence-corrected chi connectivity index (χ2v) is 8.57. The fourth-order valence-corrected chi connectivity index (χ4v) is 4.53. The molecule has 7 heteroatoms. The number of piperidine rings is 1. The van der Waals surface area contributed by atoms with E-state index in [9.17, 15) is 10.1 Å². The Morgan fingerprint density at radius 1 is 1.31 bits per heavy atom. The zero-order valence-corrected chi connectivity index (χ0v) is 18.9. The van der Waals surface area contributed by atoms with E-state index < -0.39 is 0 Å². The summed E-state index contributed by atoms with van der Waals surface area (Å²) in [6.07, 6.45) is 5.73. The van der Waals surface area contributed by atoms with Gasteiger partial charge in [0.15, 0.2) is 5.78 Å². The number of carbonyl (C=O) groups excluding carboxylic acids is 1. The van der Waals surface area contributed by atoms with Gasteiger partial charge in [-0.3, -0.25) is 4.79 Å². The number of rotatable bonds is 7. The summed E-state index contributed by atoms with van der Waals surface area (Å²) >= 11 is 0. The number of Topliss-reactive ketones (excluding diaryl/α,β-unsaturated/α-hetero) is 1. The Balaban J connectivity index is 1.52. The van der Waals surface area contributed by atoms with E-state index in [-0.39, 0.29) is 5.78 Å². The zero-order chi connectivity index (χ0) is 22.7. The van der Waals surface area contributed by atoms with E-state index in [4.69, 9.17) is 9.72 Å². The molecule has 2 heterocycles. The molecule has 7 nitrogen and oxygen atoms in total. The number of likely N-dealkylation sites (tertiary alicyclic amines) is 1. The molecule has 2 aliphatic rings. The van der Waals surface area contributed by atoms with Gasteiger partial charge in [0.2, 0.25) is 0 Å². The Bertz CT molecular complexity index is 1090. The molecule has 1 saturated heterocycles. The number of benzene rings is 1. The van der Waals surface area contributed by atoms with Crippen molar-refractivity contribution in [1.82, 2.24) is 14.9 Å². The summed E-state index contributed by atoms with van der Waals surface area (Å²) in [4.78, 5) is 24.5. The number of nitrogens with zero attached hydrogens (tertiary/aromatic N) is 4. The number of methoxy groups -OCH3 is 1. The highest BCUT2D eigenvalue weighted by Gasteiger charge is 2.23. The van der Waals surface area contributed by atoms with Gasteiger partial charge >= 0.3 is 0 Å². The van der Waals surface area contributed by atoms with E-state index in [0.29, 0.717) is 53.7 Å². The van der Waals surface area contributed by atoms with Crippen molar-refractivity contribution in [3.63, 3.8) is 0 Å².